The highest BCUT2D eigenvalue weighted by atomic mass is 79.9. The Morgan fingerprint density at radius 3 is 2.64 bits per heavy atom. The summed E-state index contributed by atoms with van der Waals surface area (Å²) in [5.41, 5.74) is 0.0128. The smallest absolute Gasteiger partial charge is 0.346 e. The Morgan fingerprint density at radius 2 is 2.00 bits per heavy atom. The third kappa shape index (κ3) is 3.06. The molecule has 0 fully saturated rings. The summed E-state index contributed by atoms with van der Waals surface area (Å²) < 4.78 is 8.43. The van der Waals surface area contributed by atoms with Crippen molar-refractivity contribution in [1.82, 2.24) is 14.3 Å². The van der Waals surface area contributed by atoms with Crippen LogP contribution in [0.1, 0.15) is 5.56 Å². The molecule has 2 rings (SSSR count). The van der Waals surface area contributed by atoms with Gasteiger partial charge in [-0.3, -0.25) is 9.36 Å². The van der Waals surface area contributed by atoms with Gasteiger partial charge in [0.15, 0.2) is 0 Å². The van der Waals surface area contributed by atoms with Crippen molar-refractivity contribution in [1.29, 1.82) is 0 Å². The van der Waals surface area contributed by atoms with Crippen molar-refractivity contribution >= 4 is 21.7 Å². The number of benzene rings is 1. The van der Waals surface area contributed by atoms with E-state index in [1.807, 2.05) is 18.2 Å². The van der Waals surface area contributed by atoms with Crippen molar-refractivity contribution in [3.8, 4) is 5.75 Å². The van der Waals surface area contributed by atoms with Crippen LogP contribution in [0.4, 0.5) is 5.82 Å². The van der Waals surface area contributed by atoms with E-state index in [0.29, 0.717) is 6.54 Å². The van der Waals surface area contributed by atoms with Crippen LogP contribution in [0.25, 0.3) is 0 Å². The molecule has 1 aromatic carbocycles. The van der Waals surface area contributed by atoms with Crippen LogP contribution >= 0.6 is 15.9 Å². The molecular weight excluding hydrogens is 352 g/mol. The molecule has 0 aliphatic heterocycles. The molecule has 0 aliphatic rings. The number of aryl methyl sites for hydroxylation is 1. The highest BCUT2D eigenvalue weighted by molar-refractivity contribution is 9.10. The Morgan fingerprint density at radius 1 is 1.32 bits per heavy atom. The summed E-state index contributed by atoms with van der Waals surface area (Å²) in [6, 6.07) is 5.65. The minimum absolute atomic E-state index is 0.201. The molecule has 22 heavy (non-hydrogen) atoms. The van der Waals surface area contributed by atoms with Gasteiger partial charge in [0.05, 0.1) is 7.11 Å². The first kappa shape index (κ1) is 16.3. The molecule has 1 heterocycles. The molecule has 0 atom stereocenters. The lowest BCUT2D eigenvalue weighted by molar-refractivity contribution is 0.409. The first-order valence-electron chi connectivity index (χ1n) is 6.53. The summed E-state index contributed by atoms with van der Waals surface area (Å²) in [5, 5.41) is 4.05. The molecule has 7 nitrogen and oxygen atoms in total. The lowest BCUT2D eigenvalue weighted by Crippen LogP contribution is -2.42. The van der Waals surface area contributed by atoms with Crippen molar-refractivity contribution in [3.63, 3.8) is 0 Å². The van der Waals surface area contributed by atoms with Gasteiger partial charge < -0.3 is 9.64 Å². The highest BCUT2D eigenvalue weighted by Crippen LogP contribution is 2.24. The van der Waals surface area contributed by atoms with E-state index in [1.165, 1.54) is 14.1 Å². The second kappa shape index (κ2) is 6.35. The van der Waals surface area contributed by atoms with Gasteiger partial charge in [-0.15, -0.1) is 5.10 Å². The van der Waals surface area contributed by atoms with Gasteiger partial charge in [-0.25, -0.2) is 9.48 Å². The average molecular weight is 369 g/mol. The number of nitrogens with zero attached hydrogens (tertiary/aromatic N) is 4. The molecule has 1 aromatic heterocycles. The van der Waals surface area contributed by atoms with Crippen LogP contribution < -0.4 is 20.9 Å². The zero-order valence-electron chi connectivity index (χ0n) is 12.8. The van der Waals surface area contributed by atoms with Crippen molar-refractivity contribution in [2.75, 3.05) is 19.1 Å². The van der Waals surface area contributed by atoms with Gasteiger partial charge in [0.2, 0.25) is 5.82 Å². The van der Waals surface area contributed by atoms with Crippen LogP contribution in [-0.4, -0.2) is 28.5 Å². The minimum atomic E-state index is -0.456. The van der Waals surface area contributed by atoms with Crippen LogP contribution in [0.5, 0.6) is 5.75 Å². The van der Waals surface area contributed by atoms with E-state index in [1.54, 1.807) is 19.1 Å². The highest BCUT2D eigenvalue weighted by Gasteiger charge is 2.15. The zero-order valence-corrected chi connectivity index (χ0v) is 14.4. The van der Waals surface area contributed by atoms with E-state index in [9.17, 15) is 9.59 Å². The summed E-state index contributed by atoms with van der Waals surface area (Å²) in [6.45, 7) is 0.420. The largest absolute Gasteiger partial charge is 0.496 e. The Bertz CT molecular complexity index is 813. The Kier molecular flexibility index (Phi) is 4.70. The Labute approximate surface area is 135 Å². The molecule has 0 N–H and O–H groups in total. The monoisotopic (exact) mass is 368 g/mol. The van der Waals surface area contributed by atoms with Crippen molar-refractivity contribution < 1.29 is 4.74 Å². The quantitative estimate of drug-likeness (QED) is 0.801. The zero-order chi connectivity index (χ0) is 16.4. The third-order valence-corrected chi connectivity index (χ3v) is 3.81. The molecular formula is C14H17BrN4O3. The van der Waals surface area contributed by atoms with Gasteiger partial charge in [0, 0.05) is 37.7 Å². The van der Waals surface area contributed by atoms with Gasteiger partial charge in [-0.1, -0.05) is 15.9 Å². The maximum Gasteiger partial charge on any atom is 0.346 e. The van der Waals surface area contributed by atoms with E-state index in [-0.39, 0.29) is 5.82 Å². The molecule has 0 aliphatic carbocycles. The molecule has 0 saturated heterocycles. The van der Waals surface area contributed by atoms with Crippen LogP contribution in [-0.2, 0) is 20.6 Å². The molecule has 118 valence electrons. The normalized spacial score (nSPS) is 10.6. The molecule has 0 bridgehead atoms. The fraction of sp³-hybridized carbons (Fsp3) is 0.357. The maximum absolute atomic E-state index is 12.2. The topological polar surface area (TPSA) is 69.4 Å². The first-order chi connectivity index (χ1) is 10.3. The van der Waals surface area contributed by atoms with Crippen LogP contribution in [0.15, 0.2) is 32.3 Å². The number of methoxy groups -OCH3 is 1. The fourth-order valence-corrected chi connectivity index (χ4v) is 2.53. The van der Waals surface area contributed by atoms with Crippen molar-refractivity contribution in [3.05, 3.63) is 49.1 Å². The fourth-order valence-electron chi connectivity index (χ4n) is 2.12. The third-order valence-electron chi connectivity index (χ3n) is 3.32. The van der Waals surface area contributed by atoms with Gasteiger partial charge >= 0.3 is 5.69 Å². The number of hydrogen-bond acceptors (Lipinski definition) is 5. The number of anilines is 1. The van der Waals surface area contributed by atoms with E-state index >= 15 is 0 Å². The summed E-state index contributed by atoms with van der Waals surface area (Å²) in [5.74, 6) is 0.920. The second-order valence-corrected chi connectivity index (χ2v) is 5.82. The van der Waals surface area contributed by atoms with Gasteiger partial charge in [-0.05, 0) is 18.2 Å². The van der Waals surface area contributed by atoms with Crippen molar-refractivity contribution in [2.45, 2.75) is 6.54 Å². The number of hydrogen-bond donors (Lipinski definition) is 0. The van der Waals surface area contributed by atoms with E-state index in [0.717, 1.165) is 25.0 Å². The van der Waals surface area contributed by atoms with Crippen molar-refractivity contribution in [2.24, 2.45) is 14.1 Å². The van der Waals surface area contributed by atoms with Gasteiger partial charge in [0.1, 0.15) is 5.75 Å². The lowest BCUT2D eigenvalue weighted by atomic mass is 10.2. The predicted octanol–water partition coefficient (Wildman–Crippen LogP) is 0.886. The minimum Gasteiger partial charge on any atom is -0.496 e. The SMILES string of the molecule is COc1ccc(Br)cc1CN(C)c1nn(C)c(=O)n(C)c1=O. The molecule has 0 saturated carbocycles. The molecule has 0 spiro atoms. The summed E-state index contributed by atoms with van der Waals surface area (Å²) in [4.78, 5) is 25.6. The van der Waals surface area contributed by atoms with Crippen LogP contribution in [0.2, 0.25) is 0 Å². The number of ether oxygens (including phenoxy) is 1. The summed E-state index contributed by atoms with van der Waals surface area (Å²) in [6.07, 6.45) is 0. The summed E-state index contributed by atoms with van der Waals surface area (Å²) in [7, 11) is 6.28. The number of rotatable bonds is 4. The van der Waals surface area contributed by atoms with E-state index in [4.69, 9.17) is 4.74 Å². The first-order valence-corrected chi connectivity index (χ1v) is 7.32. The standard InChI is InChI=1S/C14H17BrN4O3/c1-17(8-9-7-10(15)5-6-11(9)22-4)12-13(20)18(2)14(21)19(3)16-12/h5-7H,8H2,1-4H3. The lowest BCUT2D eigenvalue weighted by Gasteiger charge is -2.20. The van der Waals surface area contributed by atoms with Crippen LogP contribution in [0.3, 0.4) is 0 Å². The van der Waals surface area contributed by atoms with E-state index < -0.39 is 11.2 Å². The van der Waals surface area contributed by atoms with Crippen LogP contribution in [0, 0.1) is 0 Å². The predicted molar refractivity (Wildman–Crippen MR) is 87.5 cm³/mol. The molecule has 8 heteroatoms. The molecule has 0 amide bonds. The number of halogens is 1. The Balaban J connectivity index is 2.42. The van der Waals surface area contributed by atoms with Gasteiger partial charge in [-0.2, -0.15) is 0 Å². The van der Waals surface area contributed by atoms with E-state index in [2.05, 4.69) is 21.0 Å². The molecule has 0 radical (unpaired) electrons. The second-order valence-electron chi connectivity index (χ2n) is 4.91. The average Bonchev–Trinajstić information content (AvgIpc) is 2.49. The summed E-state index contributed by atoms with van der Waals surface area (Å²) >= 11 is 3.42. The molecule has 0 unspecified atom stereocenters. The Hall–Kier alpha value is -2.09. The number of aromatic nitrogens is 3. The van der Waals surface area contributed by atoms with Gasteiger partial charge in [0.25, 0.3) is 5.56 Å². The molecule has 2 aromatic rings. The maximum atomic E-state index is 12.2.